The van der Waals surface area contributed by atoms with Crippen LogP contribution in [0.15, 0.2) is 0 Å². The van der Waals surface area contributed by atoms with Crippen LogP contribution in [0.2, 0.25) is 0 Å². The summed E-state index contributed by atoms with van der Waals surface area (Å²) in [6.07, 6.45) is 2.45. The van der Waals surface area contributed by atoms with Crippen LogP contribution in [-0.2, 0) is 19.1 Å². The van der Waals surface area contributed by atoms with Crippen LogP contribution < -0.4 is 5.32 Å². The molecular weight excluding hydrogens is 250 g/mol. The van der Waals surface area contributed by atoms with Gasteiger partial charge in [-0.1, -0.05) is 0 Å². The molecule has 1 aliphatic carbocycles. The molecule has 1 saturated carbocycles. The first-order valence-corrected chi connectivity index (χ1v) is 6.70. The standard InChI is InChI=1S/C13H21NO5/c1-18-13(4-5-19-8-13)7-14-11(15)9-2-3-10(6-9)12(16)17/h9-10H,2-8H2,1H3,(H,14,15)(H,16,17). The SMILES string of the molecule is COC1(CNC(=O)C2CCC(C(=O)O)C2)CCOC1. The molecule has 6 heteroatoms. The molecule has 6 nitrogen and oxygen atoms in total. The fourth-order valence-corrected chi connectivity index (χ4v) is 2.80. The highest BCUT2D eigenvalue weighted by molar-refractivity contribution is 5.80. The maximum absolute atomic E-state index is 12.0. The van der Waals surface area contributed by atoms with E-state index in [0.717, 1.165) is 6.42 Å². The second-order valence-electron chi connectivity index (χ2n) is 5.45. The maximum atomic E-state index is 12.0. The fraction of sp³-hybridized carbons (Fsp3) is 0.846. The van der Waals surface area contributed by atoms with Gasteiger partial charge in [0.2, 0.25) is 5.91 Å². The lowest BCUT2D eigenvalue weighted by Gasteiger charge is -2.26. The molecule has 108 valence electrons. The summed E-state index contributed by atoms with van der Waals surface area (Å²) in [7, 11) is 1.62. The molecular formula is C13H21NO5. The molecule has 2 rings (SSSR count). The highest BCUT2D eigenvalue weighted by Gasteiger charge is 2.38. The highest BCUT2D eigenvalue weighted by atomic mass is 16.5. The van der Waals surface area contributed by atoms with Crippen molar-refractivity contribution in [2.45, 2.75) is 31.3 Å². The summed E-state index contributed by atoms with van der Waals surface area (Å²) >= 11 is 0. The lowest BCUT2D eigenvalue weighted by Crippen LogP contribution is -2.46. The van der Waals surface area contributed by atoms with Gasteiger partial charge in [-0.2, -0.15) is 0 Å². The van der Waals surface area contributed by atoms with Crippen molar-refractivity contribution in [3.8, 4) is 0 Å². The predicted molar refractivity (Wildman–Crippen MR) is 66.7 cm³/mol. The van der Waals surface area contributed by atoms with Crippen LogP contribution in [0.5, 0.6) is 0 Å². The van der Waals surface area contributed by atoms with E-state index in [2.05, 4.69) is 5.32 Å². The van der Waals surface area contributed by atoms with Crippen LogP contribution in [0.4, 0.5) is 0 Å². The summed E-state index contributed by atoms with van der Waals surface area (Å²) in [6.45, 7) is 1.57. The van der Waals surface area contributed by atoms with Crippen molar-refractivity contribution in [3.63, 3.8) is 0 Å². The number of hydrogen-bond acceptors (Lipinski definition) is 4. The molecule has 1 aliphatic heterocycles. The van der Waals surface area contributed by atoms with Crippen molar-refractivity contribution < 1.29 is 24.2 Å². The number of methoxy groups -OCH3 is 1. The Bertz CT molecular complexity index is 351. The van der Waals surface area contributed by atoms with Gasteiger partial charge in [0.05, 0.1) is 12.5 Å². The number of hydrogen-bond donors (Lipinski definition) is 2. The zero-order chi connectivity index (χ0) is 13.9. The van der Waals surface area contributed by atoms with E-state index in [4.69, 9.17) is 14.6 Å². The van der Waals surface area contributed by atoms with Gasteiger partial charge in [0.1, 0.15) is 5.60 Å². The van der Waals surface area contributed by atoms with Gasteiger partial charge in [-0.25, -0.2) is 0 Å². The molecule has 1 amide bonds. The first-order chi connectivity index (χ1) is 9.06. The fourth-order valence-electron chi connectivity index (χ4n) is 2.80. The van der Waals surface area contributed by atoms with Crippen molar-refractivity contribution >= 4 is 11.9 Å². The number of carboxylic acid groups (broad SMARTS) is 1. The van der Waals surface area contributed by atoms with E-state index in [1.54, 1.807) is 7.11 Å². The molecule has 0 aromatic carbocycles. The topological polar surface area (TPSA) is 84.9 Å². The molecule has 3 atom stereocenters. The largest absolute Gasteiger partial charge is 0.481 e. The Kier molecular flexibility index (Phi) is 4.42. The smallest absolute Gasteiger partial charge is 0.306 e. The van der Waals surface area contributed by atoms with Gasteiger partial charge in [-0.3, -0.25) is 9.59 Å². The van der Waals surface area contributed by atoms with Gasteiger partial charge in [-0.05, 0) is 19.3 Å². The third-order valence-corrected chi connectivity index (χ3v) is 4.24. The van der Waals surface area contributed by atoms with Crippen LogP contribution in [0.1, 0.15) is 25.7 Å². The molecule has 2 N–H and O–H groups in total. The molecule has 2 fully saturated rings. The summed E-state index contributed by atoms with van der Waals surface area (Å²) in [5.41, 5.74) is -0.416. The summed E-state index contributed by atoms with van der Waals surface area (Å²) in [5, 5.41) is 11.8. The molecule has 1 heterocycles. The minimum atomic E-state index is -0.798. The lowest BCUT2D eigenvalue weighted by molar-refractivity contribution is -0.141. The van der Waals surface area contributed by atoms with E-state index >= 15 is 0 Å². The number of carbonyl (C=O) groups is 2. The van der Waals surface area contributed by atoms with E-state index in [1.807, 2.05) is 0 Å². The second-order valence-corrected chi connectivity index (χ2v) is 5.45. The van der Waals surface area contributed by atoms with E-state index < -0.39 is 11.6 Å². The molecule has 2 aliphatic rings. The average molecular weight is 271 g/mol. The van der Waals surface area contributed by atoms with E-state index in [0.29, 0.717) is 39.0 Å². The summed E-state index contributed by atoms with van der Waals surface area (Å²) < 4.78 is 10.7. The van der Waals surface area contributed by atoms with Crippen molar-refractivity contribution in [3.05, 3.63) is 0 Å². The van der Waals surface area contributed by atoms with E-state index in [1.165, 1.54) is 0 Å². The van der Waals surface area contributed by atoms with Gasteiger partial charge in [-0.15, -0.1) is 0 Å². The number of amides is 1. The molecule has 0 aromatic rings. The molecule has 0 bridgehead atoms. The predicted octanol–water partition coefficient (Wildman–Crippen LogP) is 0.409. The number of aliphatic carboxylic acids is 1. The Balaban J connectivity index is 1.80. The Morgan fingerprint density at radius 1 is 1.42 bits per heavy atom. The van der Waals surface area contributed by atoms with Crippen LogP contribution in [0.25, 0.3) is 0 Å². The first-order valence-electron chi connectivity index (χ1n) is 6.70. The van der Waals surface area contributed by atoms with Gasteiger partial charge >= 0.3 is 5.97 Å². The van der Waals surface area contributed by atoms with Crippen LogP contribution in [-0.4, -0.2) is 49.5 Å². The molecule has 3 unspecified atom stereocenters. The third kappa shape index (κ3) is 3.25. The van der Waals surface area contributed by atoms with Crippen LogP contribution in [0, 0.1) is 11.8 Å². The molecule has 0 aromatic heterocycles. The average Bonchev–Trinajstić information content (AvgIpc) is 3.06. The Morgan fingerprint density at radius 3 is 2.68 bits per heavy atom. The molecule has 1 saturated heterocycles. The van der Waals surface area contributed by atoms with Gasteiger partial charge in [0, 0.05) is 32.6 Å². The minimum absolute atomic E-state index is 0.0629. The lowest BCUT2D eigenvalue weighted by atomic mass is 10.0. The summed E-state index contributed by atoms with van der Waals surface area (Å²) in [6, 6.07) is 0. The first kappa shape index (κ1) is 14.3. The van der Waals surface area contributed by atoms with Crippen molar-refractivity contribution in [1.82, 2.24) is 5.32 Å². The Hall–Kier alpha value is -1.14. The monoisotopic (exact) mass is 271 g/mol. The highest BCUT2D eigenvalue weighted by Crippen LogP contribution is 2.31. The summed E-state index contributed by atoms with van der Waals surface area (Å²) in [5.74, 6) is -1.42. The Morgan fingerprint density at radius 2 is 2.16 bits per heavy atom. The quantitative estimate of drug-likeness (QED) is 0.756. The number of rotatable bonds is 5. The molecule has 0 radical (unpaired) electrons. The maximum Gasteiger partial charge on any atom is 0.306 e. The van der Waals surface area contributed by atoms with Gasteiger partial charge in [0.25, 0.3) is 0 Å². The minimum Gasteiger partial charge on any atom is -0.481 e. The Labute approximate surface area is 112 Å². The molecule has 19 heavy (non-hydrogen) atoms. The van der Waals surface area contributed by atoms with E-state index in [-0.39, 0.29) is 17.7 Å². The zero-order valence-corrected chi connectivity index (χ0v) is 11.2. The van der Waals surface area contributed by atoms with Crippen LogP contribution >= 0.6 is 0 Å². The van der Waals surface area contributed by atoms with Gasteiger partial charge in [0.15, 0.2) is 0 Å². The van der Waals surface area contributed by atoms with Crippen LogP contribution in [0.3, 0.4) is 0 Å². The third-order valence-electron chi connectivity index (χ3n) is 4.24. The van der Waals surface area contributed by atoms with Crippen molar-refractivity contribution in [2.75, 3.05) is 26.9 Å². The summed E-state index contributed by atoms with van der Waals surface area (Å²) in [4.78, 5) is 22.9. The van der Waals surface area contributed by atoms with Crippen molar-refractivity contribution in [1.29, 1.82) is 0 Å². The number of ether oxygens (including phenoxy) is 2. The number of carbonyl (C=O) groups excluding carboxylic acids is 1. The van der Waals surface area contributed by atoms with E-state index in [9.17, 15) is 9.59 Å². The number of carboxylic acids is 1. The molecule has 0 spiro atoms. The normalized spacial score (nSPS) is 34.4. The van der Waals surface area contributed by atoms with Gasteiger partial charge < -0.3 is 19.9 Å². The van der Waals surface area contributed by atoms with Crippen molar-refractivity contribution in [2.24, 2.45) is 11.8 Å². The second kappa shape index (κ2) is 5.88. The zero-order valence-electron chi connectivity index (χ0n) is 11.2. The number of nitrogens with one attached hydrogen (secondary N) is 1.